The third-order valence-corrected chi connectivity index (χ3v) is 18.4. The Bertz CT molecular complexity index is 1700. The van der Waals surface area contributed by atoms with Crippen molar-refractivity contribution in [1.29, 1.82) is 0 Å². The van der Waals surface area contributed by atoms with E-state index in [4.69, 9.17) is 13.8 Å². The number of ether oxygens (including phenoxy) is 1. The van der Waals surface area contributed by atoms with Gasteiger partial charge in [0.25, 0.3) is 7.82 Å². The van der Waals surface area contributed by atoms with Crippen molar-refractivity contribution in [2.75, 3.05) is 40.9 Å². The van der Waals surface area contributed by atoms with E-state index in [2.05, 4.69) is 74.7 Å². The van der Waals surface area contributed by atoms with Gasteiger partial charge in [-0.1, -0.05) is 332 Å². The van der Waals surface area contributed by atoms with Crippen LogP contribution in [-0.4, -0.2) is 69.4 Å². The first kappa shape index (κ1) is 86.7. The predicted molar refractivity (Wildman–Crippen MR) is 385 cm³/mol. The van der Waals surface area contributed by atoms with E-state index in [-0.39, 0.29) is 31.5 Å². The highest BCUT2D eigenvalue weighted by Crippen LogP contribution is 2.38. The lowest BCUT2D eigenvalue weighted by molar-refractivity contribution is -0.870. The zero-order valence-corrected chi connectivity index (χ0v) is 60.8. The fraction of sp³-hybridized carbons (Fsp3) is 0.848. The van der Waals surface area contributed by atoms with Crippen molar-refractivity contribution in [3.63, 3.8) is 0 Å². The minimum atomic E-state index is -4.71. The molecule has 3 unspecified atom stereocenters. The third kappa shape index (κ3) is 69.9. The summed E-state index contributed by atoms with van der Waals surface area (Å²) in [6.07, 6.45) is 89.3. The summed E-state index contributed by atoms with van der Waals surface area (Å²) < 4.78 is 30.5. The summed E-state index contributed by atoms with van der Waals surface area (Å²) in [5.74, 6) is -0.528. The van der Waals surface area contributed by atoms with Crippen molar-refractivity contribution in [2.24, 2.45) is 0 Å². The van der Waals surface area contributed by atoms with Crippen LogP contribution in [0.5, 0.6) is 0 Å². The van der Waals surface area contributed by atoms with E-state index in [1.54, 1.807) is 0 Å². The van der Waals surface area contributed by atoms with Crippen LogP contribution in [-0.2, 0) is 27.9 Å². The summed E-state index contributed by atoms with van der Waals surface area (Å²) in [6.45, 7) is 6.87. The molecule has 9 nitrogen and oxygen atoms in total. The normalized spacial score (nSPS) is 13.7. The highest BCUT2D eigenvalue weighted by molar-refractivity contribution is 7.45. The van der Waals surface area contributed by atoms with Gasteiger partial charge in [-0.25, -0.2) is 0 Å². The number of carbonyl (C=O) groups is 2. The number of rotatable bonds is 71. The summed E-state index contributed by atoms with van der Waals surface area (Å²) in [5.41, 5.74) is 0. The number of allylic oxidation sites excluding steroid dienone is 9. The number of hydrogen-bond acceptors (Lipinski definition) is 7. The van der Waals surface area contributed by atoms with Crippen molar-refractivity contribution >= 4 is 19.7 Å². The first-order chi connectivity index (χ1) is 43.4. The van der Waals surface area contributed by atoms with Gasteiger partial charge in [0.05, 0.1) is 33.8 Å². The molecule has 0 aromatic carbocycles. The summed E-state index contributed by atoms with van der Waals surface area (Å²) >= 11 is 0. The second-order valence-corrected chi connectivity index (χ2v) is 28.9. The van der Waals surface area contributed by atoms with Crippen LogP contribution in [0.25, 0.3) is 0 Å². The highest BCUT2D eigenvalue weighted by Gasteiger charge is 2.27. The van der Waals surface area contributed by atoms with Gasteiger partial charge < -0.3 is 28.5 Å². The number of phosphoric acid groups is 1. The van der Waals surface area contributed by atoms with E-state index in [1.807, 2.05) is 33.3 Å². The largest absolute Gasteiger partial charge is 0.756 e. The molecular formula is C79H149N2O7P. The molecule has 0 aliphatic carbocycles. The topological polar surface area (TPSA) is 114 Å². The molecule has 3 atom stereocenters. The van der Waals surface area contributed by atoms with Crippen LogP contribution in [0, 0.1) is 0 Å². The Balaban J connectivity index is 4.99. The van der Waals surface area contributed by atoms with Crippen LogP contribution in [0.1, 0.15) is 380 Å². The summed E-state index contributed by atoms with van der Waals surface area (Å²) in [6, 6.07) is -0.892. The van der Waals surface area contributed by atoms with Crippen molar-refractivity contribution in [1.82, 2.24) is 5.32 Å². The molecule has 0 fully saturated rings. The number of hydrogen-bond donors (Lipinski definition) is 1. The average molecular weight is 1270 g/mol. The molecule has 0 aliphatic heterocycles. The lowest BCUT2D eigenvalue weighted by atomic mass is 10.0. The number of phosphoric ester groups is 1. The standard InChI is InChI=1S/C79H149N2O7P/c1-7-10-13-16-19-22-25-28-30-32-34-36-38-39-40-41-43-45-47-49-51-54-57-60-63-66-69-72-79(83)88-77(70-67-64-61-58-55-52-27-24-21-18-15-12-9-3)76(75-87-89(84,85)86-74-73-81(4,5)6)80-78(82)71-68-65-62-59-56-53-50-48-46-44-42-37-35-33-31-29-26-23-20-17-14-11-8-2/h20,23,28-31,35,37,67,70,76-77H,7-19,21-22,24-27,32-34,36,38-66,68-69,71-75H2,1-6H3,(H-,80,82,84,85)/b23-20-,30-28+,31-29-,37-35-,70-67+. The maximum atomic E-state index is 13.6. The van der Waals surface area contributed by atoms with Crippen LogP contribution in [0.4, 0.5) is 0 Å². The fourth-order valence-electron chi connectivity index (χ4n) is 11.5. The zero-order chi connectivity index (χ0) is 64.9. The smallest absolute Gasteiger partial charge is 0.306 e. The number of unbranched alkanes of at least 4 members (excludes halogenated alkanes) is 47. The van der Waals surface area contributed by atoms with Crippen LogP contribution >= 0.6 is 7.82 Å². The average Bonchev–Trinajstić information content (AvgIpc) is 3.64. The number of amides is 1. The second kappa shape index (κ2) is 68.6. The van der Waals surface area contributed by atoms with Crippen molar-refractivity contribution in [2.45, 2.75) is 392 Å². The molecule has 0 saturated heterocycles. The number of quaternary nitrogens is 1. The lowest BCUT2D eigenvalue weighted by Gasteiger charge is -2.30. The monoisotopic (exact) mass is 1270 g/mol. The number of esters is 1. The minimum Gasteiger partial charge on any atom is -0.756 e. The Hall–Kier alpha value is -2.29. The Kier molecular flexibility index (Phi) is 66.8. The zero-order valence-electron chi connectivity index (χ0n) is 59.9. The van der Waals surface area contributed by atoms with E-state index in [1.165, 1.54) is 270 Å². The minimum absolute atomic E-state index is 0.0224. The third-order valence-electron chi connectivity index (χ3n) is 17.4. The maximum Gasteiger partial charge on any atom is 0.306 e. The van der Waals surface area contributed by atoms with E-state index < -0.39 is 20.0 Å². The molecule has 1 N–H and O–H groups in total. The van der Waals surface area contributed by atoms with Crippen molar-refractivity contribution in [3.8, 4) is 0 Å². The number of carbonyl (C=O) groups excluding carboxylic acids is 2. The van der Waals surface area contributed by atoms with Gasteiger partial charge in [-0.15, -0.1) is 0 Å². The van der Waals surface area contributed by atoms with Gasteiger partial charge in [0.15, 0.2) is 0 Å². The molecule has 522 valence electrons. The number of nitrogens with one attached hydrogen (secondary N) is 1. The molecule has 0 bridgehead atoms. The van der Waals surface area contributed by atoms with E-state index >= 15 is 0 Å². The maximum absolute atomic E-state index is 13.6. The molecule has 89 heavy (non-hydrogen) atoms. The quantitative estimate of drug-likeness (QED) is 0.0212. The molecule has 0 aromatic heterocycles. The van der Waals surface area contributed by atoms with Crippen LogP contribution in [0.3, 0.4) is 0 Å². The van der Waals surface area contributed by atoms with Crippen molar-refractivity contribution in [3.05, 3.63) is 60.8 Å². The molecule has 0 heterocycles. The van der Waals surface area contributed by atoms with Gasteiger partial charge in [0.1, 0.15) is 19.3 Å². The molecule has 0 saturated carbocycles. The Morgan fingerprint density at radius 1 is 0.393 bits per heavy atom. The predicted octanol–water partition coefficient (Wildman–Crippen LogP) is 24.3. The Labute approximate surface area is 553 Å². The van der Waals surface area contributed by atoms with E-state index in [0.29, 0.717) is 17.4 Å². The van der Waals surface area contributed by atoms with Gasteiger partial charge in [-0.3, -0.25) is 14.2 Å². The molecule has 0 aromatic rings. The number of likely N-dealkylation sites (N-methyl/N-ethyl adjacent to an activating group) is 1. The molecule has 0 radical (unpaired) electrons. The van der Waals surface area contributed by atoms with E-state index in [0.717, 1.165) is 77.0 Å². The molecule has 0 spiro atoms. The Morgan fingerprint density at radius 2 is 0.685 bits per heavy atom. The van der Waals surface area contributed by atoms with Crippen LogP contribution in [0.2, 0.25) is 0 Å². The van der Waals surface area contributed by atoms with Gasteiger partial charge in [0, 0.05) is 12.8 Å². The summed E-state index contributed by atoms with van der Waals surface area (Å²) in [4.78, 5) is 40.3. The molecule has 10 heteroatoms. The van der Waals surface area contributed by atoms with Gasteiger partial charge in [-0.05, 0) is 96.0 Å². The Morgan fingerprint density at radius 3 is 1.06 bits per heavy atom. The van der Waals surface area contributed by atoms with Crippen LogP contribution in [0.15, 0.2) is 60.8 Å². The molecule has 0 rings (SSSR count). The second-order valence-electron chi connectivity index (χ2n) is 27.5. The summed E-state index contributed by atoms with van der Waals surface area (Å²) in [7, 11) is 1.19. The molecule has 1 amide bonds. The summed E-state index contributed by atoms with van der Waals surface area (Å²) in [5, 5.41) is 3.05. The first-order valence-electron chi connectivity index (χ1n) is 38.6. The lowest BCUT2D eigenvalue weighted by Crippen LogP contribution is -2.47. The van der Waals surface area contributed by atoms with Gasteiger partial charge in [0.2, 0.25) is 5.91 Å². The van der Waals surface area contributed by atoms with Gasteiger partial charge >= 0.3 is 5.97 Å². The number of nitrogens with zero attached hydrogens (tertiary/aromatic N) is 1. The molecule has 0 aliphatic rings. The fourth-order valence-corrected chi connectivity index (χ4v) is 12.2. The SMILES string of the molecule is CCCCC/C=C\C/C=C\C/C=C\CCCCCCCCCCCCC(=O)NC(COP(=O)([O-])OCC[N+](C)(C)C)C(/C=C/CCCCCCCCCCCCC)OC(=O)CCCCCCCCCCCCCCCCCCC/C=C/CCCCCCCC. The highest BCUT2D eigenvalue weighted by atomic mass is 31.2. The van der Waals surface area contributed by atoms with Gasteiger partial charge in [-0.2, -0.15) is 0 Å². The van der Waals surface area contributed by atoms with Crippen LogP contribution < -0.4 is 10.2 Å². The van der Waals surface area contributed by atoms with Crippen molar-refractivity contribution < 1.29 is 37.3 Å². The first-order valence-corrected chi connectivity index (χ1v) is 40.1. The van der Waals surface area contributed by atoms with E-state index in [9.17, 15) is 19.0 Å². The molecular weight excluding hydrogens is 1120 g/mol.